The molecule has 0 aliphatic heterocycles. The highest BCUT2D eigenvalue weighted by Crippen LogP contribution is 2.21. The number of pyridine rings is 1. The zero-order valence-corrected chi connectivity index (χ0v) is 10.5. The summed E-state index contributed by atoms with van der Waals surface area (Å²) in [5, 5.41) is 0. The molecule has 0 fully saturated rings. The van der Waals surface area contributed by atoms with Crippen LogP contribution in [0.15, 0.2) is 42.7 Å². The van der Waals surface area contributed by atoms with Gasteiger partial charge in [0.2, 0.25) is 0 Å². The first kappa shape index (κ1) is 12.3. The molecule has 0 bridgehead atoms. The standard InChI is InChI=1S/C15H15NO2/c1-11-3-4-15(18-2)13(9-11)10-14(17)12-5-7-16-8-6-12/h3-9H,10H2,1-2H3. The minimum Gasteiger partial charge on any atom is -0.496 e. The normalized spacial score (nSPS) is 10.1. The molecule has 0 saturated carbocycles. The van der Waals surface area contributed by atoms with E-state index in [0.717, 1.165) is 16.9 Å². The number of nitrogens with zero attached hydrogens (tertiary/aromatic N) is 1. The van der Waals surface area contributed by atoms with E-state index in [1.807, 2.05) is 25.1 Å². The van der Waals surface area contributed by atoms with Crippen molar-refractivity contribution in [1.82, 2.24) is 4.98 Å². The zero-order valence-electron chi connectivity index (χ0n) is 10.5. The Kier molecular flexibility index (Phi) is 3.72. The molecule has 0 N–H and O–H groups in total. The van der Waals surface area contributed by atoms with Gasteiger partial charge in [-0.2, -0.15) is 0 Å². The molecule has 0 spiro atoms. The average Bonchev–Trinajstić information content (AvgIpc) is 2.40. The molecule has 0 aliphatic rings. The maximum Gasteiger partial charge on any atom is 0.167 e. The van der Waals surface area contributed by atoms with E-state index in [-0.39, 0.29) is 5.78 Å². The van der Waals surface area contributed by atoms with E-state index in [0.29, 0.717) is 12.0 Å². The fraction of sp³-hybridized carbons (Fsp3) is 0.200. The molecule has 0 unspecified atom stereocenters. The third-order valence-corrected chi connectivity index (χ3v) is 2.79. The molecule has 0 radical (unpaired) electrons. The Bertz CT molecular complexity index is 550. The molecule has 1 aromatic heterocycles. The summed E-state index contributed by atoms with van der Waals surface area (Å²) in [5.41, 5.74) is 2.71. The molecular weight excluding hydrogens is 226 g/mol. The van der Waals surface area contributed by atoms with Crippen molar-refractivity contribution in [2.24, 2.45) is 0 Å². The van der Waals surface area contributed by atoms with Gasteiger partial charge in [0.15, 0.2) is 5.78 Å². The van der Waals surface area contributed by atoms with Gasteiger partial charge in [0.25, 0.3) is 0 Å². The summed E-state index contributed by atoms with van der Waals surface area (Å²) >= 11 is 0. The molecule has 0 aliphatic carbocycles. The second-order valence-electron chi connectivity index (χ2n) is 4.15. The van der Waals surface area contributed by atoms with Gasteiger partial charge in [-0.3, -0.25) is 9.78 Å². The van der Waals surface area contributed by atoms with Gasteiger partial charge in [-0.1, -0.05) is 17.7 Å². The predicted octanol–water partition coefficient (Wildman–Crippen LogP) is 2.82. The Hall–Kier alpha value is -2.16. The molecule has 3 nitrogen and oxygen atoms in total. The Balaban J connectivity index is 2.24. The lowest BCUT2D eigenvalue weighted by Crippen LogP contribution is -2.05. The average molecular weight is 241 g/mol. The number of Topliss-reactive ketones (excluding diaryl/α,β-unsaturated/α-hetero) is 1. The van der Waals surface area contributed by atoms with Crippen molar-refractivity contribution in [1.29, 1.82) is 0 Å². The summed E-state index contributed by atoms with van der Waals surface area (Å²) in [6.45, 7) is 2.00. The van der Waals surface area contributed by atoms with Gasteiger partial charge in [-0.25, -0.2) is 0 Å². The molecule has 2 rings (SSSR count). The Morgan fingerprint density at radius 3 is 2.61 bits per heavy atom. The van der Waals surface area contributed by atoms with Crippen molar-refractivity contribution in [2.45, 2.75) is 13.3 Å². The van der Waals surface area contributed by atoms with Crippen molar-refractivity contribution in [3.63, 3.8) is 0 Å². The largest absolute Gasteiger partial charge is 0.496 e. The molecule has 18 heavy (non-hydrogen) atoms. The third-order valence-electron chi connectivity index (χ3n) is 2.79. The molecule has 0 atom stereocenters. The minimum atomic E-state index is 0.0706. The molecular formula is C15H15NO2. The van der Waals surface area contributed by atoms with Crippen molar-refractivity contribution >= 4 is 5.78 Å². The first-order valence-corrected chi connectivity index (χ1v) is 5.77. The summed E-state index contributed by atoms with van der Waals surface area (Å²) in [6.07, 6.45) is 3.59. The number of carbonyl (C=O) groups is 1. The highest BCUT2D eigenvalue weighted by Gasteiger charge is 2.10. The van der Waals surface area contributed by atoms with Gasteiger partial charge in [0, 0.05) is 29.9 Å². The Morgan fingerprint density at radius 2 is 1.94 bits per heavy atom. The van der Waals surface area contributed by atoms with E-state index in [2.05, 4.69) is 4.98 Å². The topological polar surface area (TPSA) is 39.2 Å². The fourth-order valence-corrected chi connectivity index (χ4v) is 1.86. The summed E-state index contributed by atoms with van der Waals surface area (Å²) in [7, 11) is 1.62. The summed E-state index contributed by atoms with van der Waals surface area (Å²) in [6, 6.07) is 9.30. The molecule has 0 amide bonds. The summed E-state index contributed by atoms with van der Waals surface area (Å²) in [4.78, 5) is 16.0. The van der Waals surface area contributed by atoms with E-state index >= 15 is 0 Å². The van der Waals surface area contributed by atoms with Crippen LogP contribution >= 0.6 is 0 Å². The third kappa shape index (κ3) is 2.74. The molecule has 92 valence electrons. The highest BCUT2D eigenvalue weighted by molar-refractivity contribution is 5.97. The van der Waals surface area contributed by atoms with Crippen LogP contribution in [0, 0.1) is 6.92 Å². The number of hydrogen-bond donors (Lipinski definition) is 0. The predicted molar refractivity (Wildman–Crippen MR) is 70.0 cm³/mol. The van der Waals surface area contributed by atoms with Gasteiger partial charge in [0.05, 0.1) is 7.11 Å². The monoisotopic (exact) mass is 241 g/mol. The second kappa shape index (κ2) is 5.45. The van der Waals surface area contributed by atoms with Gasteiger partial charge >= 0.3 is 0 Å². The lowest BCUT2D eigenvalue weighted by Gasteiger charge is -2.08. The van der Waals surface area contributed by atoms with Gasteiger partial charge < -0.3 is 4.74 Å². The minimum absolute atomic E-state index is 0.0706. The Morgan fingerprint density at radius 1 is 1.22 bits per heavy atom. The SMILES string of the molecule is COc1ccc(C)cc1CC(=O)c1ccncc1. The molecule has 0 saturated heterocycles. The number of aromatic nitrogens is 1. The van der Waals surface area contributed by atoms with Crippen molar-refractivity contribution in [2.75, 3.05) is 7.11 Å². The van der Waals surface area contributed by atoms with Crippen LogP contribution in [0.25, 0.3) is 0 Å². The second-order valence-corrected chi connectivity index (χ2v) is 4.15. The number of rotatable bonds is 4. The van der Waals surface area contributed by atoms with Gasteiger partial charge in [-0.05, 0) is 25.1 Å². The number of aryl methyl sites for hydroxylation is 1. The van der Waals surface area contributed by atoms with E-state index in [9.17, 15) is 4.79 Å². The number of methoxy groups -OCH3 is 1. The van der Waals surface area contributed by atoms with E-state index in [4.69, 9.17) is 4.74 Å². The highest BCUT2D eigenvalue weighted by atomic mass is 16.5. The number of carbonyl (C=O) groups excluding carboxylic acids is 1. The maximum atomic E-state index is 12.1. The Labute approximate surface area is 106 Å². The molecule has 1 aromatic carbocycles. The quantitative estimate of drug-likeness (QED) is 0.773. The number of ether oxygens (including phenoxy) is 1. The molecule has 3 heteroatoms. The van der Waals surface area contributed by atoms with Crippen LogP contribution in [0.5, 0.6) is 5.75 Å². The summed E-state index contributed by atoms with van der Waals surface area (Å²) in [5.74, 6) is 0.823. The first-order valence-electron chi connectivity index (χ1n) is 5.77. The van der Waals surface area contributed by atoms with Crippen LogP contribution in [0.4, 0.5) is 0 Å². The van der Waals surface area contributed by atoms with E-state index in [1.54, 1.807) is 31.6 Å². The van der Waals surface area contributed by atoms with Crippen LogP contribution < -0.4 is 4.74 Å². The lowest BCUT2D eigenvalue weighted by molar-refractivity contribution is 0.0992. The number of hydrogen-bond acceptors (Lipinski definition) is 3. The lowest BCUT2D eigenvalue weighted by atomic mass is 10.0. The fourth-order valence-electron chi connectivity index (χ4n) is 1.86. The number of ketones is 1. The van der Waals surface area contributed by atoms with Crippen LogP contribution in [-0.4, -0.2) is 17.9 Å². The smallest absolute Gasteiger partial charge is 0.167 e. The van der Waals surface area contributed by atoms with E-state index < -0.39 is 0 Å². The number of benzene rings is 1. The first-order chi connectivity index (χ1) is 8.70. The van der Waals surface area contributed by atoms with Gasteiger partial charge in [0.1, 0.15) is 5.75 Å². The van der Waals surface area contributed by atoms with Crippen LogP contribution in [0.2, 0.25) is 0 Å². The van der Waals surface area contributed by atoms with Crippen LogP contribution in [-0.2, 0) is 6.42 Å². The summed E-state index contributed by atoms with van der Waals surface area (Å²) < 4.78 is 5.27. The van der Waals surface area contributed by atoms with E-state index in [1.165, 1.54) is 0 Å². The van der Waals surface area contributed by atoms with Crippen molar-refractivity contribution in [3.05, 3.63) is 59.4 Å². The zero-order chi connectivity index (χ0) is 13.0. The maximum absolute atomic E-state index is 12.1. The van der Waals surface area contributed by atoms with Crippen molar-refractivity contribution < 1.29 is 9.53 Å². The molecule has 2 aromatic rings. The molecule has 1 heterocycles. The van der Waals surface area contributed by atoms with Crippen molar-refractivity contribution in [3.8, 4) is 5.75 Å². The van der Waals surface area contributed by atoms with Gasteiger partial charge in [-0.15, -0.1) is 0 Å². The van der Waals surface area contributed by atoms with Crippen LogP contribution in [0.1, 0.15) is 21.5 Å². The van der Waals surface area contributed by atoms with Crippen LogP contribution in [0.3, 0.4) is 0 Å².